The molecule has 2 aromatic rings. The summed E-state index contributed by atoms with van der Waals surface area (Å²) in [6, 6.07) is 9.07. The van der Waals surface area contributed by atoms with Crippen LogP contribution in [0.4, 0.5) is 21.5 Å². The summed E-state index contributed by atoms with van der Waals surface area (Å²) in [7, 11) is 0. The van der Waals surface area contributed by atoms with E-state index < -0.39 is 5.97 Å². The zero-order valence-electron chi connectivity index (χ0n) is 9.65. The van der Waals surface area contributed by atoms with Crippen molar-refractivity contribution in [3.8, 4) is 0 Å². The zero-order chi connectivity index (χ0) is 14.0. The summed E-state index contributed by atoms with van der Waals surface area (Å²) in [5.74, 6) is -1.46. The Morgan fingerprint density at radius 1 is 1.26 bits per heavy atom. The number of carbonyl (C=O) groups is 1. The highest BCUT2D eigenvalue weighted by Crippen LogP contribution is 2.27. The average Bonchev–Trinajstić information content (AvgIpc) is 2.36. The number of nitrogens with one attached hydrogen (secondary N) is 1. The highest BCUT2D eigenvalue weighted by molar-refractivity contribution is 14.1. The third-order valence-electron chi connectivity index (χ3n) is 2.49. The quantitative estimate of drug-likeness (QED) is 0.570. The number of nitrogen functional groups attached to an aromatic ring is 1. The van der Waals surface area contributed by atoms with Gasteiger partial charge in [0.05, 0.1) is 20.5 Å². The molecule has 0 unspecified atom stereocenters. The van der Waals surface area contributed by atoms with Crippen LogP contribution in [0.25, 0.3) is 0 Å². The largest absolute Gasteiger partial charge is 0.478 e. The molecule has 0 aromatic heterocycles. The van der Waals surface area contributed by atoms with Crippen molar-refractivity contribution in [1.82, 2.24) is 0 Å². The highest BCUT2D eigenvalue weighted by Gasteiger charge is 2.12. The molecule has 0 bridgehead atoms. The first-order chi connectivity index (χ1) is 8.99. The molecule has 0 fully saturated rings. The predicted octanol–water partition coefficient (Wildman–Crippen LogP) is 3.45. The molecule has 0 amide bonds. The molecule has 0 aliphatic heterocycles. The van der Waals surface area contributed by atoms with Gasteiger partial charge in [0.1, 0.15) is 5.82 Å². The standard InChI is InChI=1S/C13H10FIN2O2/c14-9-2-1-3-11(12(9)15)17-10-5-4-7(16)6-8(10)13(18)19/h1-6,17H,16H2,(H,18,19). The monoisotopic (exact) mass is 372 g/mol. The van der Waals surface area contributed by atoms with Gasteiger partial charge in [-0.3, -0.25) is 0 Å². The normalized spacial score (nSPS) is 10.2. The van der Waals surface area contributed by atoms with Crippen molar-refractivity contribution in [2.75, 3.05) is 11.1 Å². The van der Waals surface area contributed by atoms with Gasteiger partial charge in [-0.25, -0.2) is 9.18 Å². The van der Waals surface area contributed by atoms with E-state index in [1.807, 2.05) is 22.6 Å². The van der Waals surface area contributed by atoms with Crippen molar-refractivity contribution in [2.45, 2.75) is 0 Å². The van der Waals surface area contributed by atoms with Gasteiger partial charge in [-0.1, -0.05) is 6.07 Å². The van der Waals surface area contributed by atoms with Crippen LogP contribution < -0.4 is 11.1 Å². The number of halogens is 2. The molecule has 0 atom stereocenters. The van der Waals surface area contributed by atoms with Crippen LogP contribution in [0.15, 0.2) is 36.4 Å². The summed E-state index contributed by atoms with van der Waals surface area (Å²) in [6.07, 6.45) is 0. The first kappa shape index (κ1) is 13.6. The van der Waals surface area contributed by atoms with Crippen molar-refractivity contribution >= 4 is 45.6 Å². The highest BCUT2D eigenvalue weighted by atomic mass is 127. The van der Waals surface area contributed by atoms with Crippen LogP contribution in [0.5, 0.6) is 0 Å². The lowest BCUT2D eigenvalue weighted by molar-refractivity contribution is 0.0698. The minimum absolute atomic E-state index is 0.0417. The molecule has 4 N–H and O–H groups in total. The summed E-state index contributed by atoms with van der Waals surface area (Å²) in [6.45, 7) is 0. The fraction of sp³-hybridized carbons (Fsp3) is 0. The SMILES string of the molecule is Nc1ccc(Nc2cccc(F)c2I)c(C(=O)O)c1. The summed E-state index contributed by atoms with van der Waals surface area (Å²) in [5, 5.41) is 12.0. The van der Waals surface area contributed by atoms with Crippen LogP contribution in [-0.2, 0) is 0 Å². The van der Waals surface area contributed by atoms with Gasteiger partial charge in [0.15, 0.2) is 0 Å². The zero-order valence-corrected chi connectivity index (χ0v) is 11.8. The summed E-state index contributed by atoms with van der Waals surface area (Å²) >= 11 is 1.86. The molecule has 0 aliphatic carbocycles. The number of carboxylic acids is 1. The van der Waals surface area contributed by atoms with Gasteiger partial charge in [-0.05, 0) is 52.9 Å². The van der Waals surface area contributed by atoms with Crippen LogP contribution in [-0.4, -0.2) is 11.1 Å². The second-order valence-corrected chi connectivity index (χ2v) is 4.92. The van der Waals surface area contributed by atoms with Crippen molar-refractivity contribution in [2.24, 2.45) is 0 Å². The fourth-order valence-corrected chi connectivity index (χ4v) is 2.09. The van der Waals surface area contributed by atoms with Crippen LogP contribution in [0, 0.1) is 9.39 Å². The third kappa shape index (κ3) is 2.95. The van der Waals surface area contributed by atoms with E-state index in [0.717, 1.165) is 0 Å². The number of carboxylic acid groups (broad SMARTS) is 1. The molecule has 2 rings (SSSR count). The number of hydrogen-bond donors (Lipinski definition) is 3. The lowest BCUT2D eigenvalue weighted by Crippen LogP contribution is -2.05. The Kier molecular flexibility index (Phi) is 3.89. The Hall–Kier alpha value is -1.83. The van der Waals surface area contributed by atoms with Gasteiger partial charge in [0.25, 0.3) is 0 Å². The second kappa shape index (κ2) is 5.43. The van der Waals surface area contributed by atoms with Gasteiger partial charge >= 0.3 is 5.97 Å². The number of nitrogens with two attached hydrogens (primary N) is 1. The van der Waals surface area contributed by atoms with Gasteiger partial charge in [0, 0.05) is 5.69 Å². The summed E-state index contributed by atoms with van der Waals surface area (Å²) < 4.78 is 13.8. The number of hydrogen-bond acceptors (Lipinski definition) is 3. The first-order valence-electron chi connectivity index (χ1n) is 5.33. The van der Waals surface area contributed by atoms with Gasteiger partial charge in [-0.2, -0.15) is 0 Å². The van der Waals surface area contributed by atoms with E-state index in [1.54, 1.807) is 24.3 Å². The number of rotatable bonds is 3. The molecule has 6 heteroatoms. The van der Waals surface area contributed by atoms with Crippen molar-refractivity contribution in [3.63, 3.8) is 0 Å². The molecule has 98 valence electrons. The van der Waals surface area contributed by atoms with Crippen LogP contribution in [0.1, 0.15) is 10.4 Å². The topological polar surface area (TPSA) is 75.3 Å². The molecule has 0 saturated carbocycles. The minimum atomic E-state index is -1.10. The lowest BCUT2D eigenvalue weighted by Gasteiger charge is -2.12. The molecule has 0 heterocycles. The van der Waals surface area contributed by atoms with E-state index in [0.29, 0.717) is 20.6 Å². The van der Waals surface area contributed by atoms with Crippen molar-refractivity contribution < 1.29 is 14.3 Å². The molecule has 0 aliphatic rings. The van der Waals surface area contributed by atoms with E-state index in [4.69, 9.17) is 10.8 Å². The second-order valence-electron chi connectivity index (χ2n) is 3.84. The molecule has 0 radical (unpaired) electrons. The van der Waals surface area contributed by atoms with Crippen LogP contribution >= 0.6 is 22.6 Å². The smallest absolute Gasteiger partial charge is 0.337 e. The number of aromatic carboxylic acids is 1. The Labute approximate surface area is 122 Å². The minimum Gasteiger partial charge on any atom is -0.478 e. The maximum Gasteiger partial charge on any atom is 0.337 e. The number of benzene rings is 2. The first-order valence-corrected chi connectivity index (χ1v) is 6.41. The van der Waals surface area contributed by atoms with E-state index in [1.165, 1.54) is 12.1 Å². The van der Waals surface area contributed by atoms with E-state index in [2.05, 4.69) is 5.32 Å². The van der Waals surface area contributed by atoms with Gasteiger partial charge in [-0.15, -0.1) is 0 Å². The van der Waals surface area contributed by atoms with E-state index >= 15 is 0 Å². The average molecular weight is 372 g/mol. The molecule has 2 aromatic carbocycles. The van der Waals surface area contributed by atoms with Crippen LogP contribution in [0.3, 0.4) is 0 Å². The Morgan fingerprint density at radius 2 is 2.00 bits per heavy atom. The molecular formula is C13H10FIN2O2. The predicted molar refractivity (Wildman–Crippen MR) is 80.2 cm³/mol. The molecule has 19 heavy (non-hydrogen) atoms. The van der Waals surface area contributed by atoms with Crippen LogP contribution in [0.2, 0.25) is 0 Å². The lowest BCUT2D eigenvalue weighted by atomic mass is 10.1. The van der Waals surface area contributed by atoms with Gasteiger partial charge in [0.2, 0.25) is 0 Å². The third-order valence-corrected chi connectivity index (χ3v) is 3.59. The maximum atomic E-state index is 13.4. The van der Waals surface area contributed by atoms with Crippen molar-refractivity contribution in [3.05, 3.63) is 51.3 Å². The van der Waals surface area contributed by atoms with E-state index in [-0.39, 0.29) is 11.4 Å². The molecule has 4 nitrogen and oxygen atoms in total. The Balaban J connectivity index is 2.44. The maximum absolute atomic E-state index is 13.4. The van der Waals surface area contributed by atoms with E-state index in [9.17, 15) is 9.18 Å². The summed E-state index contributed by atoms with van der Waals surface area (Å²) in [4.78, 5) is 11.1. The molecule has 0 saturated heterocycles. The fourth-order valence-electron chi connectivity index (χ4n) is 1.59. The summed E-state index contributed by atoms with van der Waals surface area (Å²) in [5.41, 5.74) is 6.83. The Bertz CT molecular complexity index is 647. The van der Waals surface area contributed by atoms with Crippen molar-refractivity contribution in [1.29, 1.82) is 0 Å². The number of anilines is 3. The Morgan fingerprint density at radius 3 is 2.68 bits per heavy atom. The van der Waals surface area contributed by atoms with Gasteiger partial charge < -0.3 is 16.2 Å². The molecular weight excluding hydrogens is 362 g/mol. The molecule has 0 spiro atoms.